The Hall–Kier alpha value is -6.12. The van der Waals surface area contributed by atoms with E-state index in [1.807, 2.05) is 0 Å². The highest BCUT2D eigenvalue weighted by atomic mass is 15.2. The maximum atomic E-state index is 2.36. The number of nitrogens with zero attached hydrogens (tertiary/aromatic N) is 2. The highest BCUT2D eigenvalue weighted by Crippen LogP contribution is 2.35. The Balaban J connectivity index is 1.12. The van der Waals surface area contributed by atoms with Crippen LogP contribution in [0.2, 0.25) is 0 Å². The molecule has 52 heavy (non-hydrogen) atoms. The Kier molecular flexibility index (Phi) is 11.8. The third-order valence-electron chi connectivity index (χ3n) is 9.06. The maximum Gasteiger partial charge on any atom is 0.0463 e. The van der Waals surface area contributed by atoms with E-state index in [0.29, 0.717) is 0 Å². The zero-order valence-corrected chi connectivity index (χ0v) is 31.0. The van der Waals surface area contributed by atoms with E-state index in [4.69, 9.17) is 0 Å². The largest absolute Gasteiger partial charge is 0.314 e. The normalized spacial score (nSPS) is 14.8. The quantitative estimate of drug-likeness (QED) is 0.138. The average molecular weight is 677 g/mol. The molecular weight excluding hydrogens is 629 g/mol. The fraction of sp³-hybridized carbons (Fsp3) is 0.120. The zero-order chi connectivity index (χ0) is 36.3. The number of anilines is 4. The summed E-state index contributed by atoms with van der Waals surface area (Å²) in [7, 11) is 0. The molecule has 0 aliphatic heterocycles. The molecule has 0 unspecified atom stereocenters. The Morgan fingerprint density at radius 3 is 1.63 bits per heavy atom. The highest BCUT2D eigenvalue weighted by Gasteiger charge is 2.19. The summed E-state index contributed by atoms with van der Waals surface area (Å²) in [5, 5.41) is 0. The molecule has 0 spiro atoms. The topological polar surface area (TPSA) is 6.48 Å². The third kappa shape index (κ3) is 9.35. The summed E-state index contributed by atoms with van der Waals surface area (Å²) in [5.41, 5.74) is 15.6. The van der Waals surface area contributed by atoms with Gasteiger partial charge >= 0.3 is 0 Å². The average Bonchev–Trinajstić information content (AvgIpc) is 3.38. The molecule has 0 aromatic heterocycles. The molecule has 258 valence electrons. The minimum absolute atomic E-state index is 0.860. The lowest BCUT2D eigenvalue weighted by molar-refractivity contribution is 1.02. The molecule has 0 fully saturated rings. The molecule has 2 aliphatic carbocycles. The summed E-state index contributed by atoms with van der Waals surface area (Å²) in [5.74, 6) is 0. The molecule has 6 rings (SSSR count). The molecule has 0 heterocycles. The van der Waals surface area contributed by atoms with Crippen molar-refractivity contribution >= 4 is 28.8 Å². The van der Waals surface area contributed by atoms with Gasteiger partial charge in [-0.3, -0.25) is 0 Å². The highest BCUT2D eigenvalue weighted by molar-refractivity contribution is 5.77. The van der Waals surface area contributed by atoms with Crippen molar-refractivity contribution in [3.05, 3.63) is 232 Å². The predicted molar refractivity (Wildman–Crippen MR) is 226 cm³/mol. The Labute approximate surface area is 311 Å². The predicted octanol–water partition coefficient (Wildman–Crippen LogP) is 13.8. The van der Waals surface area contributed by atoms with E-state index in [1.165, 1.54) is 44.9 Å². The number of benzene rings is 4. The standard InChI is InChI=1S/C50H48N2/c1-6-11-42(22-23-44-14-10-15-45(33-24-44)52(50-36-41(5)37-50)48-31-20-40(4)21-32-48)12-8-7-9-13-43-25-34-49(35-26-43)51(46-27-16-38(2)17-28-46)47-29-18-39(3)19-30-47/h6-14,16-37H,15H2,1-5H3/b8-7+,11-6-,13-9+,23-22+,42-12+. The van der Waals surface area contributed by atoms with Gasteiger partial charge in [-0.2, -0.15) is 0 Å². The van der Waals surface area contributed by atoms with E-state index in [2.05, 4.69) is 233 Å². The summed E-state index contributed by atoms with van der Waals surface area (Å²) in [6.45, 7) is 10.6. The van der Waals surface area contributed by atoms with E-state index >= 15 is 0 Å². The summed E-state index contributed by atoms with van der Waals surface area (Å²) < 4.78 is 0. The minimum Gasteiger partial charge on any atom is -0.314 e. The maximum absolute atomic E-state index is 2.36. The van der Waals surface area contributed by atoms with E-state index in [9.17, 15) is 0 Å². The second kappa shape index (κ2) is 17.2. The molecule has 0 atom stereocenters. The first-order valence-electron chi connectivity index (χ1n) is 18.1. The van der Waals surface area contributed by atoms with Crippen LogP contribution in [0.4, 0.5) is 22.7 Å². The molecule has 2 heteroatoms. The fourth-order valence-corrected chi connectivity index (χ4v) is 6.18. The Bertz CT molecular complexity index is 2110. The van der Waals surface area contributed by atoms with Gasteiger partial charge in [-0.1, -0.05) is 138 Å². The second-order valence-corrected chi connectivity index (χ2v) is 13.4. The lowest BCUT2D eigenvalue weighted by Gasteiger charge is -2.31. The van der Waals surface area contributed by atoms with Gasteiger partial charge in [-0.15, -0.1) is 0 Å². The van der Waals surface area contributed by atoms with Crippen LogP contribution in [0.15, 0.2) is 210 Å². The number of allylic oxidation sites excluding steroid dienone is 17. The monoisotopic (exact) mass is 676 g/mol. The molecule has 2 nitrogen and oxygen atoms in total. The van der Waals surface area contributed by atoms with E-state index in [1.54, 1.807) is 0 Å². The number of hydrogen-bond donors (Lipinski definition) is 0. The number of rotatable bonds is 12. The van der Waals surface area contributed by atoms with Gasteiger partial charge < -0.3 is 9.80 Å². The first-order chi connectivity index (χ1) is 25.4. The van der Waals surface area contributed by atoms with Gasteiger partial charge in [0.2, 0.25) is 0 Å². The van der Waals surface area contributed by atoms with Gasteiger partial charge in [0.15, 0.2) is 0 Å². The van der Waals surface area contributed by atoms with Crippen molar-refractivity contribution in [3.8, 4) is 0 Å². The van der Waals surface area contributed by atoms with Crippen molar-refractivity contribution < 1.29 is 0 Å². The van der Waals surface area contributed by atoms with Crippen LogP contribution in [0, 0.1) is 20.8 Å². The number of aryl methyl sites for hydroxylation is 3. The van der Waals surface area contributed by atoms with Crippen molar-refractivity contribution in [2.75, 3.05) is 9.80 Å². The molecule has 4 aromatic carbocycles. The molecule has 0 amide bonds. The molecule has 0 saturated carbocycles. The van der Waals surface area contributed by atoms with Gasteiger partial charge in [0.25, 0.3) is 0 Å². The van der Waals surface area contributed by atoms with Crippen LogP contribution in [-0.4, -0.2) is 0 Å². The first kappa shape index (κ1) is 35.7. The number of hydrogen-bond acceptors (Lipinski definition) is 2. The van der Waals surface area contributed by atoms with Crippen LogP contribution in [0.1, 0.15) is 42.5 Å². The van der Waals surface area contributed by atoms with Crippen LogP contribution in [0.5, 0.6) is 0 Å². The first-order valence-corrected chi connectivity index (χ1v) is 18.1. The van der Waals surface area contributed by atoms with E-state index in [0.717, 1.165) is 34.6 Å². The van der Waals surface area contributed by atoms with Gasteiger partial charge in [0.1, 0.15) is 0 Å². The van der Waals surface area contributed by atoms with Crippen LogP contribution in [-0.2, 0) is 0 Å². The lowest BCUT2D eigenvalue weighted by atomic mass is 10.0. The fourth-order valence-electron chi connectivity index (χ4n) is 6.18. The van der Waals surface area contributed by atoms with Gasteiger partial charge in [-0.05, 0) is 124 Å². The van der Waals surface area contributed by atoms with Gasteiger partial charge in [0.05, 0.1) is 0 Å². The molecule has 4 aromatic rings. The van der Waals surface area contributed by atoms with Crippen LogP contribution < -0.4 is 9.80 Å². The molecule has 0 saturated heterocycles. The smallest absolute Gasteiger partial charge is 0.0463 e. The zero-order valence-electron chi connectivity index (χ0n) is 31.0. The van der Waals surface area contributed by atoms with Gasteiger partial charge in [-0.25, -0.2) is 0 Å². The Morgan fingerprint density at radius 2 is 1.10 bits per heavy atom. The van der Waals surface area contributed by atoms with Gasteiger partial charge in [0, 0.05) is 40.6 Å². The molecule has 0 N–H and O–H groups in total. The molecule has 2 aliphatic rings. The lowest BCUT2D eigenvalue weighted by Crippen LogP contribution is -2.23. The molecular formula is C50H48N2. The van der Waals surface area contributed by atoms with Crippen molar-refractivity contribution in [2.24, 2.45) is 0 Å². The summed E-state index contributed by atoms with van der Waals surface area (Å²) in [4.78, 5) is 4.66. The van der Waals surface area contributed by atoms with Crippen molar-refractivity contribution in [3.63, 3.8) is 0 Å². The van der Waals surface area contributed by atoms with Crippen molar-refractivity contribution in [1.82, 2.24) is 0 Å². The molecule has 0 radical (unpaired) electrons. The Morgan fingerprint density at radius 1 is 0.558 bits per heavy atom. The van der Waals surface area contributed by atoms with Crippen molar-refractivity contribution in [1.29, 1.82) is 0 Å². The van der Waals surface area contributed by atoms with E-state index < -0.39 is 0 Å². The third-order valence-corrected chi connectivity index (χ3v) is 9.06. The van der Waals surface area contributed by atoms with Crippen molar-refractivity contribution in [2.45, 2.75) is 41.0 Å². The minimum atomic E-state index is 0.860. The summed E-state index contributed by atoms with van der Waals surface area (Å²) >= 11 is 0. The summed E-state index contributed by atoms with van der Waals surface area (Å²) in [6.07, 6.45) is 33.4. The summed E-state index contributed by atoms with van der Waals surface area (Å²) in [6, 6.07) is 34.9. The SMILES string of the molecule is C\C=C/C(/C=C/C1=CC=C(N(C2=CC(C)=C2)c2ccc(C)cc2)CC=C1)=C\C=C\C=C\c1ccc(N(c2ccc(C)cc2)c2ccc(C)cc2)cc1. The van der Waals surface area contributed by atoms with Crippen LogP contribution in [0.3, 0.4) is 0 Å². The van der Waals surface area contributed by atoms with Crippen LogP contribution >= 0.6 is 0 Å². The van der Waals surface area contributed by atoms with Crippen LogP contribution in [0.25, 0.3) is 6.08 Å². The second-order valence-electron chi connectivity index (χ2n) is 13.4. The molecule has 0 bridgehead atoms. The van der Waals surface area contributed by atoms with E-state index in [-0.39, 0.29) is 0 Å².